The van der Waals surface area contributed by atoms with E-state index in [4.69, 9.17) is 0 Å². The van der Waals surface area contributed by atoms with Gasteiger partial charge in [0.1, 0.15) is 6.61 Å². The van der Waals surface area contributed by atoms with E-state index < -0.39 is 44.3 Å². The van der Waals surface area contributed by atoms with E-state index >= 15 is 0 Å². The zero-order chi connectivity index (χ0) is 17.7. The van der Waals surface area contributed by atoms with Gasteiger partial charge in [0.15, 0.2) is 0 Å². The molecule has 0 aliphatic heterocycles. The topological polar surface area (TPSA) is 82.1 Å². The molecule has 1 aromatic carbocycles. The van der Waals surface area contributed by atoms with Crippen molar-refractivity contribution >= 4 is 29.7 Å². The molecule has 0 aliphatic rings. The molecule has 1 atom stereocenters. The second-order valence-electron chi connectivity index (χ2n) is 4.64. The molecule has 0 spiro atoms. The Labute approximate surface area is 140 Å². The molecule has 0 heterocycles. The van der Waals surface area contributed by atoms with Crippen LogP contribution in [0.25, 0.3) is 0 Å². The minimum Gasteiger partial charge on any atom is -0.432 e. The van der Waals surface area contributed by atoms with Gasteiger partial charge in [0.05, 0.1) is 12.7 Å². The van der Waals surface area contributed by atoms with Crippen LogP contribution in [0.15, 0.2) is 28.7 Å². The Kier molecular flexibility index (Phi) is 7.13. The van der Waals surface area contributed by atoms with Gasteiger partial charge in [0, 0.05) is 10.0 Å². The van der Waals surface area contributed by atoms with Crippen LogP contribution in [-0.2, 0) is 24.2 Å². The largest absolute Gasteiger partial charge is 0.508 e. The van der Waals surface area contributed by atoms with Crippen LogP contribution in [-0.4, -0.2) is 30.4 Å². The summed E-state index contributed by atoms with van der Waals surface area (Å²) in [5, 5.41) is 0. The van der Waals surface area contributed by atoms with Crippen molar-refractivity contribution in [1.82, 2.24) is 0 Å². The predicted octanol–water partition coefficient (Wildman–Crippen LogP) is 4.26. The molecule has 23 heavy (non-hydrogen) atoms. The van der Waals surface area contributed by atoms with Crippen molar-refractivity contribution in [3.63, 3.8) is 0 Å². The Balaban J connectivity index is 2.63. The molecule has 6 nitrogen and oxygen atoms in total. The maximum absolute atomic E-state index is 14.2. The second kappa shape index (κ2) is 8.19. The van der Waals surface area contributed by atoms with Gasteiger partial charge in [0.25, 0.3) is 0 Å². The van der Waals surface area contributed by atoms with Gasteiger partial charge in [-0.2, -0.15) is 8.78 Å². The summed E-state index contributed by atoms with van der Waals surface area (Å²) < 4.78 is 53.6. The average Bonchev–Trinajstić information content (AvgIpc) is 2.43. The lowest BCUT2D eigenvalue weighted by Gasteiger charge is -2.23. The molecule has 0 aromatic heterocycles. The molecular formula is C13H16BrF2O6P. The second-order valence-corrected chi connectivity index (χ2v) is 7.35. The SMILES string of the molecule is CC(C)OC(=O)OCCOP(=O)(O)C(F)(F)c1ccccc1Br. The van der Waals surface area contributed by atoms with Gasteiger partial charge in [-0.05, 0) is 19.9 Å². The molecule has 0 saturated carbocycles. The third kappa shape index (κ3) is 5.53. The number of carbonyl (C=O) groups is 1. The van der Waals surface area contributed by atoms with Crippen molar-refractivity contribution in [2.75, 3.05) is 13.2 Å². The van der Waals surface area contributed by atoms with Crippen LogP contribution in [0.5, 0.6) is 0 Å². The van der Waals surface area contributed by atoms with Crippen LogP contribution in [0.3, 0.4) is 0 Å². The Morgan fingerprint density at radius 3 is 2.52 bits per heavy atom. The molecule has 0 amide bonds. The minimum absolute atomic E-state index is 0.0281. The average molecular weight is 417 g/mol. The van der Waals surface area contributed by atoms with Gasteiger partial charge in [-0.1, -0.05) is 34.1 Å². The minimum atomic E-state index is -5.33. The van der Waals surface area contributed by atoms with Crippen LogP contribution in [0.2, 0.25) is 0 Å². The standard InChI is InChI=1S/C13H16BrF2O6P/c1-9(2)22-12(17)20-7-8-21-23(18,19)13(15,16)10-5-3-4-6-11(10)14/h3-6,9H,7-8H2,1-2H3,(H,18,19). The number of halogens is 3. The van der Waals surface area contributed by atoms with E-state index in [2.05, 4.69) is 29.9 Å². The smallest absolute Gasteiger partial charge is 0.432 e. The van der Waals surface area contributed by atoms with E-state index in [-0.39, 0.29) is 4.47 Å². The lowest BCUT2D eigenvalue weighted by molar-refractivity contribution is 0.0166. The Morgan fingerprint density at radius 2 is 1.96 bits per heavy atom. The Morgan fingerprint density at radius 1 is 1.35 bits per heavy atom. The molecule has 0 bridgehead atoms. The normalized spacial score (nSPS) is 14.4. The van der Waals surface area contributed by atoms with Gasteiger partial charge in [-0.15, -0.1) is 0 Å². The molecule has 1 unspecified atom stereocenters. The summed E-state index contributed by atoms with van der Waals surface area (Å²) in [6, 6.07) is 5.11. The first-order valence-corrected chi connectivity index (χ1v) is 8.88. The van der Waals surface area contributed by atoms with E-state index in [9.17, 15) is 23.0 Å². The summed E-state index contributed by atoms with van der Waals surface area (Å²) in [4.78, 5) is 20.6. The van der Waals surface area contributed by atoms with Crippen molar-refractivity contribution < 1.29 is 37.0 Å². The Bertz CT molecular complexity index is 596. The Hall–Kier alpha value is -1.02. The fraction of sp³-hybridized carbons (Fsp3) is 0.462. The monoisotopic (exact) mass is 416 g/mol. The maximum Gasteiger partial charge on any atom is 0.508 e. The van der Waals surface area contributed by atoms with Crippen molar-refractivity contribution in [2.45, 2.75) is 25.6 Å². The highest BCUT2D eigenvalue weighted by Gasteiger charge is 2.53. The maximum atomic E-state index is 14.2. The quantitative estimate of drug-likeness (QED) is 0.406. The summed E-state index contributed by atoms with van der Waals surface area (Å²) in [5.41, 5.74) is -4.79. The number of rotatable bonds is 7. The highest BCUT2D eigenvalue weighted by atomic mass is 79.9. The lowest BCUT2D eigenvalue weighted by Crippen LogP contribution is -2.19. The number of hydrogen-bond donors (Lipinski definition) is 1. The van der Waals surface area contributed by atoms with Crippen LogP contribution in [0.4, 0.5) is 13.6 Å². The number of alkyl halides is 2. The fourth-order valence-corrected chi connectivity index (χ4v) is 3.12. The van der Waals surface area contributed by atoms with E-state index in [1.807, 2.05) is 0 Å². The van der Waals surface area contributed by atoms with E-state index in [0.29, 0.717) is 0 Å². The van der Waals surface area contributed by atoms with Crippen LogP contribution >= 0.6 is 23.5 Å². The van der Waals surface area contributed by atoms with Crippen molar-refractivity contribution in [2.24, 2.45) is 0 Å². The molecular weight excluding hydrogens is 401 g/mol. The molecule has 1 aromatic rings. The van der Waals surface area contributed by atoms with Crippen molar-refractivity contribution in [1.29, 1.82) is 0 Å². The third-order valence-electron chi connectivity index (χ3n) is 2.45. The fourth-order valence-electron chi connectivity index (χ4n) is 1.45. The molecule has 1 rings (SSSR count). The molecule has 0 fully saturated rings. The number of carbonyl (C=O) groups excluding carboxylic acids is 1. The molecule has 0 saturated heterocycles. The summed E-state index contributed by atoms with van der Waals surface area (Å²) in [6.45, 7) is 2.01. The molecule has 130 valence electrons. The molecule has 1 N–H and O–H groups in total. The van der Waals surface area contributed by atoms with Crippen LogP contribution in [0.1, 0.15) is 19.4 Å². The lowest BCUT2D eigenvalue weighted by atomic mass is 10.2. The number of ether oxygens (including phenoxy) is 2. The number of benzene rings is 1. The predicted molar refractivity (Wildman–Crippen MR) is 81.4 cm³/mol. The zero-order valence-corrected chi connectivity index (χ0v) is 14.9. The van der Waals surface area contributed by atoms with E-state index in [1.165, 1.54) is 18.2 Å². The van der Waals surface area contributed by atoms with E-state index in [0.717, 1.165) is 6.07 Å². The molecule has 0 radical (unpaired) electrons. The zero-order valence-electron chi connectivity index (χ0n) is 12.4. The van der Waals surface area contributed by atoms with Crippen LogP contribution in [0, 0.1) is 0 Å². The van der Waals surface area contributed by atoms with E-state index in [1.54, 1.807) is 13.8 Å². The molecule has 0 aliphatic carbocycles. The number of hydrogen-bond acceptors (Lipinski definition) is 5. The summed E-state index contributed by atoms with van der Waals surface area (Å²) >= 11 is 2.89. The summed E-state index contributed by atoms with van der Waals surface area (Å²) in [6.07, 6.45) is -1.43. The van der Waals surface area contributed by atoms with Gasteiger partial charge in [-0.3, -0.25) is 4.57 Å². The summed E-state index contributed by atoms with van der Waals surface area (Å²) in [5.74, 6) is 0. The van der Waals surface area contributed by atoms with Crippen molar-refractivity contribution in [3.05, 3.63) is 34.3 Å². The summed E-state index contributed by atoms with van der Waals surface area (Å²) in [7, 11) is -5.33. The first-order chi connectivity index (χ1) is 10.6. The van der Waals surface area contributed by atoms with Gasteiger partial charge >= 0.3 is 19.4 Å². The van der Waals surface area contributed by atoms with Gasteiger partial charge < -0.3 is 18.9 Å². The molecule has 10 heteroatoms. The van der Waals surface area contributed by atoms with Crippen molar-refractivity contribution in [3.8, 4) is 0 Å². The van der Waals surface area contributed by atoms with Crippen LogP contribution < -0.4 is 0 Å². The van der Waals surface area contributed by atoms with Gasteiger partial charge in [0.2, 0.25) is 0 Å². The highest BCUT2D eigenvalue weighted by molar-refractivity contribution is 9.10. The first-order valence-electron chi connectivity index (χ1n) is 6.51. The van der Waals surface area contributed by atoms with Gasteiger partial charge in [-0.25, -0.2) is 4.79 Å². The third-order valence-corrected chi connectivity index (χ3v) is 4.63. The highest BCUT2D eigenvalue weighted by Crippen LogP contribution is 2.63. The first kappa shape index (κ1) is 20.0.